The summed E-state index contributed by atoms with van der Waals surface area (Å²) in [5.41, 5.74) is 1.11. The maximum absolute atomic E-state index is 12.3. The van der Waals surface area contributed by atoms with Crippen molar-refractivity contribution in [2.24, 2.45) is 0 Å². The molecule has 0 aliphatic rings. The van der Waals surface area contributed by atoms with Gasteiger partial charge in [-0.1, -0.05) is 19.1 Å². The van der Waals surface area contributed by atoms with Crippen LogP contribution in [0.15, 0.2) is 41.3 Å². The smallest absolute Gasteiger partial charge is 0.240 e. The molecule has 0 saturated carbocycles. The second-order valence-electron chi connectivity index (χ2n) is 5.02. The van der Waals surface area contributed by atoms with E-state index in [4.69, 9.17) is 4.74 Å². The lowest BCUT2D eigenvalue weighted by atomic mass is 10.2. The van der Waals surface area contributed by atoms with Crippen molar-refractivity contribution in [2.45, 2.75) is 31.3 Å². The average molecular weight is 339 g/mol. The number of ether oxygens (including phenoxy) is 1. The fraction of sp³-hybridized carbons (Fsp3) is 0.375. The fourth-order valence-electron chi connectivity index (χ4n) is 2.10. The topological polar surface area (TPSA) is 55.4 Å². The Labute approximate surface area is 136 Å². The lowest BCUT2D eigenvalue weighted by Crippen LogP contribution is -2.29. The summed E-state index contributed by atoms with van der Waals surface area (Å²) >= 11 is 1.61. The maximum Gasteiger partial charge on any atom is 0.240 e. The third kappa shape index (κ3) is 4.16. The summed E-state index contributed by atoms with van der Waals surface area (Å²) in [5, 5.41) is 0. The van der Waals surface area contributed by atoms with Gasteiger partial charge in [-0.3, -0.25) is 0 Å². The van der Waals surface area contributed by atoms with Gasteiger partial charge in [0.2, 0.25) is 10.0 Å². The predicted octanol–water partition coefficient (Wildman–Crippen LogP) is 3.28. The number of thiophene rings is 1. The molecule has 22 heavy (non-hydrogen) atoms. The van der Waals surface area contributed by atoms with Gasteiger partial charge in [-0.05, 0) is 43.2 Å². The molecule has 2 rings (SSSR count). The Hall–Kier alpha value is -1.21. The van der Waals surface area contributed by atoms with Crippen LogP contribution >= 0.6 is 11.3 Å². The number of sulfonamides is 1. The third-order valence-corrected chi connectivity index (χ3v) is 6.00. The molecule has 0 spiro atoms. The Morgan fingerprint density at radius 2 is 1.86 bits per heavy atom. The van der Waals surface area contributed by atoms with Gasteiger partial charge < -0.3 is 4.74 Å². The fourth-order valence-corrected chi connectivity index (χ4v) is 4.09. The van der Waals surface area contributed by atoms with Gasteiger partial charge in [-0.25, -0.2) is 13.1 Å². The van der Waals surface area contributed by atoms with Crippen LogP contribution in [0.25, 0.3) is 0 Å². The van der Waals surface area contributed by atoms with E-state index in [1.165, 1.54) is 4.88 Å². The van der Waals surface area contributed by atoms with Crippen LogP contribution in [-0.2, 0) is 21.2 Å². The molecule has 0 bridgehead atoms. The van der Waals surface area contributed by atoms with E-state index in [2.05, 4.69) is 4.72 Å². The molecule has 2 aromatic rings. The van der Waals surface area contributed by atoms with Crippen LogP contribution < -0.4 is 4.72 Å². The van der Waals surface area contributed by atoms with Gasteiger partial charge in [-0.2, -0.15) is 0 Å². The lowest BCUT2D eigenvalue weighted by molar-refractivity contribution is 0.110. The summed E-state index contributed by atoms with van der Waals surface area (Å²) in [6.07, 6.45) is 0.612. The normalized spacial score (nSPS) is 13.2. The lowest BCUT2D eigenvalue weighted by Gasteiger charge is -2.15. The van der Waals surface area contributed by atoms with Crippen LogP contribution in [0.1, 0.15) is 28.3 Å². The molecule has 120 valence electrons. The van der Waals surface area contributed by atoms with E-state index in [1.54, 1.807) is 30.6 Å². The summed E-state index contributed by atoms with van der Waals surface area (Å²) < 4.78 is 32.7. The number of aryl methyl sites for hydroxylation is 2. The Kier molecular flexibility index (Phi) is 5.74. The van der Waals surface area contributed by atoms with E-state index in [0.29, 0.717) is 0 Å². The molecule has 4 nitrogen and oxygen atoms in total. The van der Waals surface area contributed by atoms with E-state index >= 15 is 0 Å². The first kappa shape index (κ1) is 17.1. The van der Waals surface area contributed by atoms with Crippen molar-refractivity contribution in [3.8, 4) is 0 Å². The molecule has 0 aliphatic carbocycles. The molecule has 0 amide bonds. The zero-order valence-corrected chi connectivity index (χ0v) is 14.6. The highest BCUT2D eigenvalue weighted by atomic mass is 32.2. The Morgan fingerprint density at radius 1 is 1.18 bits per heavy atom. The van der Waals surface area contributed by atoms with E-state index in [9.17, 15) is 8.42 Å². The number of methoxy groups -OCH3 is 1. The number of benzene rings is 1. The van der Waals surface area contributed by atoms with Gasteiger partial charge in [0.1, 0.15) is 6.10 Å². The molecule has 0 aliphatic heterocycles. The second kappa shape index (κ2) is 7.37. The van der Waals surface area contributed by atoms with Crippen LogP contribution in [0.5, 0.6) is 0 Å². The number of hydrogen-bond donors (Lipinski definition) is 1. The standard InChI is InChI=1S/C16H21NO3S2/c1-4-13-6-8-14(9-7-13)22(18,19)17-11-15(20-3)16-10-5-12(2)21-16/h5-10,15,17H,4,11H2,1-3H3. The highest BCUT2D eigenvalue weighted by Crippen LogP contribution is 2.25. The third-order valence-electron chi connectivity index (χ3n) is 3.46. The van der Waals surface area contributed by atoms with Gasteiger partial charge in [0.15, 0.2) is 0 Å². The van der Waals surface area contributed by atoms with Crippen LogP contribution in [-0.4, -0.2) is 22.1 Å². The summed E-state index contributed by atoms with van der Waals surface area (Å²) in [7, 11) is -1.93. The summed E-state index contributed by atoms with van der Waals surface area (Å²) in [6.45, 7) is 4.27. The van der Waals surface area contributed by atoms with Crippen molar-refractivity contribution >= 4 is 21.4 Å². The molecule has 6 heteroatoms. The van der Waals surface area contributed by atoms with Gasteiger partial charge in [-0.15, -0.1) is 11.3 Å². The molecule has 1 N–H and O–H groups in total. The molecule has 1 heterocycles. The van der Waals surface area contributed by atoms with Crippen molar-refractivity contribution < 1.29 is 13.2 Å². The first-order chi connectivity index (χ1) is 10.5. The van der Waals surface area contributed by atoms with Crippen molar-refractivity contribution in [3.63, 3.8) is 0 Å². The molecule has 1 aromatic carbocycles. The van der Waals surface area contributed by atoms with Gasteiger partial charge in [0.05, 0.1) is 4.90 Å². The second-order valence-corrected chi connectivity index (χ2v) is 8.11. The number of hydrogen-bond acceptors (Lipinski definition) is 4. The van der Waals surface area contributed by atoms with Crippen molar-refractivity contribution in [1.82, 2.24) is 4.72 Å². The van der Waals surface area contributed by atoms with E-state index in [-0.39, 0.29) is 17.5 Å². The molecule has 1 atom stereocenters. The Bertz CT molecular complexity index is 705. The van der Waals surface area contributed by atoms with Gasteiger partial charge >= 0.3 is 0 Å². The van der Waals surface area contributed by atoms with Crippen LogP contribution in [0.2, 0.25) is 0 Å². The molecule has 0 saturated heterocycles. The molecular weight excluding hydrogens is 318 g/mol. The minimum absolute atomic E-state index is 0.217. The van der Waals surface area contributed by atoms with Crippen LogP contribution in [0.4, 0.5) is 0 Å². The maximum atomic E-state index is 12.3. The zero-order chi connectivity index (χ0) is 16.2. The highest BCUT2D eigenvalue weighted by Gasteiger charge is 2.18. The summed E-state index contributed by atoms with van der Waals surface area (Å²) in [5.74, 6) is 0. The molecule has 0 radical (unpaired) electrons. The van der Waals surface area contributed by atoms with E-state index in [1.807, 2.05) is 38.1 Å². The van der Waals surface area contributed by atoms with Crippen molar-refractivity contribution in [1.29, 1.82) is 0 Å². The van der Waals surface area contributed by atoms with E-state index in [0.717, 1.165) is 16.9 Å². The number of rotatable bonds is 7. The van der Waals surface area contributed by atoms with Crippen LogP contribution in [0, 0.1) is 6.92 Å². The molecule has 0 fully saturated rings. The zero-order valence-electron chi connectivity index (χ0n) is 13.0. The average Bonchev–Trinajstić information content (AvgIpc) is 2.94. The Morgan fingerprint density at radius 3 is 2.36 bits per heavy atom. The Balaban J connectivity index is 2.07. The minimum Gasteiger partial charge on any atom is -0.375 e. The number of nitrogens with one attached hydrogen (secondary N) is 1. The first-order valence-electron chi connectivity index (χ1n) is 7.14. The van der Waals surface area contributed by atoms with Gasteiger partial charge in [0.25, 0.3) is 0 Å². The predicted molar refractivity (Wildman–Crippen MR) is 89.8 cm³/mol. The highest BCUT2D eigenvalue weighted by molar-refractivity contribution is 7.89. The SMILES string of the molecule is CCc1ccc(S(=O)(=O)NCC(OC)c2ccc(C)s2)cc1. The summed E-state index contributed by atoms with van der Waals surface area (Å²) in [6, 6.07) is 10.9. The van der Waals surface area contributed by atoms with Crippen LogP contribution in [0.3, 0.4) is 0 Å². The molecule has 1 aromatic heterocycles. The van der Waals surface area contributed by atoms with Crippen molar-refractivity contribution in [2.75, 3.05) is 13.7 Å². The quantitative estimate of drug-likeness (QED) is 0.842. The first-order valence-corrected chi connectivity index (χ1v) is 9.44. The minimum atomic E-state index is -3.52. The van der Waals surface area contributed by atoms with Gasteiger partial charge in [0, 0.05) is 23.4 Å². The largest absolute Gasteiger partial charge is 0.375 e. The summed E-state index contributed by atoms with van der Waals surface area (Å²) in [4.78, 5) is 2.47. The monoisotopic (exact) mass is 339 g/mol. The molecule has 1 unspecified atom stereocenters. The molecular formula is C16H21NO3S2. The van der Waals surface area contributed by atoms with E-state index < -0.39 is 10.0 Å². The van der Waals surface area contributed by atoms with Crippen molar-refractivity contribution in [3.05, 3.63) is 51.7 Å².